The molecule has 1 amide bonds. The third-order valence-corrected chi connectivity index (χ3v) is 8.78. The number of rotatable bonds is 3. The Kier molecular flexibility index (Phi) is 6.28. The van der Waals surface area contributed by atoms with Crippen LogP contribution >= 0.6 is 35.1 Å². The zero-order valence-electron chi connectivity index (χ0n) is 18.3. The van der Waals surface area contributed by atoms with Crippen LogP contribution in [0.4, 0.5) is 11.4 Å². The average molecular weight is 484 g/mol. The summed E-state index contributed by atoms with van der Waals surface area (Å²) in [5.74, 6) is 0.0904. The number of halogens is 1. The summed E-state index contributed by atoms with van der Waals surface area (Å²) in [6.07, 6.45) is 5.68. The largest absolute Gasteiger partial charge is 0.334 e. The van der Waals surface area contributed by atoms with Gasteiger partial charge in [-0.15, -0.1) is 0 Å². The van der Waals surface area contributed by atoms with E-state index in [1.807, 2.05) is 35.2 Å². The topological polar surface area (TPSA) is 35.9 Å². The number of hydrogen-bond donors (Lipinski definition) is 0. The second kappa shape index (κ2) is 9.16. The van der Waals surface area contributed by atoms with E-state index in [0.29, 0.717) is 5.02 Å². The van der Waals surface area contributed by atoms with Crippen molar-refractivity contribution in [2.75, 3.05) is 11.4 Å². The first-order valence-corrected chi connectivity index (χ1v) is 13.2. The van der Waals surface area contributed by atoms with Gasteiger partial charge in [0.2, 0.25) is 0 Å². The first-order valence-electron chi connectivity index (χ1n) is 11.2. The van der Waals surface area contributed by atoms with Gasteiger partial charge in [-0.25, -0.2) is 4.99 Å². The Hall–Kier alpha value is -1.89. The number of carbonyl (C=O) groups excluding carboxylic acids is 1. The van der Waals surface area contributed by atoms with Crippen molar-refractivity contribution in [1.29, 1.82) is 0 Å². The van der Waals surface area contributed by atoms with E-state index in [4.69, 9.17) is 16.6 Å². The number of aliphatic imine (C=N–C) groups is 1. The fourth-order valence-corrected chi connectivity index (χ4v) is 7.12. The fourth-order valence-electron chi connectivity index (χ4n) is 4.52. The van der Waals surface area contributed by atoms with E-state index in [0.717, 1.165) is 50.8 Å². The minimum atomic E-state index is 0.0904. The van der Waals surface area contributed by atoms with Gasteiger partial charge in [-0.3, -0.25) is 9.69 Å². The summed E-state index contributed by atoms with van der Waals surface area (Å²) in [7, 11) is 0. The third kappa shape index (κ3) is 4.09. The molecule has 0 N–H and O–H groups in total. The summed E-state index contributed by atoms with van der Waals surface area (Å²) < 4.78 is 0. The van der Waals surface area contributed by atoms with Crippen LogP contribution < -0.4 is 4.90 Å². The lowest BCUT2D eigenvalue weighted by Gasteiger charge is -2.30. The monoisotopic (exact) mass is 483 g/mol. The number of aryl methyl sites for hydroxylation is 1. The second-order valence-corrected chi connectivity index (χ2v) is 10.8. The maximum atomic E-state index is 13.8. The Bertz CT molecular complexity index is 1110. The van der Waals surface area contributed by atoms with Gasteiger partial charge in [-0.2, -0.15) is 0 Å². The highest BCUT2D eigenvalue weighted by Crippen LogP contribution is 2.52. The van der Waals surface area contributed by atoms with E-state index in [2.05, 4.69) is 30.9 Å². The first kappa shape index (κ1) is 21.9. The van der Waals surface area contributed by atoms with Gasteiger partial charge in [0.15, 0.2) is 5.17 Å². The van der Waals surface area contributed by atoms with Crippen molar-refractivity contribution in [3.63, 3.8) is 0 Å². The molecule has 4 nitrogen and oxygen atoms in total. The first-order chi connectivity index (χ1) is 15.5. The second-order valence-electron chi connectivity index (χ2n) is 8.39. The number of nitrogens with zero attached hydrogens (tertiary/aromatic N) is 3. The van der Waals surface area contributed by atoms with Crippen molar-refractivity contribution in [3.05, 3.63) is 63.0 Å². The van der Waals surface area contributed by atoms with Gasteiger partial charge in [-0.05, 0) is 68.8 Å². The number of thioether (sulfide) groups is 2. The normalized spacial score (nSPS) is 22.8. The smallest absolute Gasteiger partial charge is 0.269 e. The quantitative estimate of drug-likeness (QED) is 0.427. The minimum absolute atomic E-state index is 0.0904. The molecular weight excluding hydrogens is 458 g/mol. The van der Waals surface area contributed by atoms with Crippen LogP contribution in [-0.4, -0.2) is 28.6 Å². The molecule has 0 atom stereocenters. The molecule has 2 fully saturated rings. The van der Waals surface area contributed by atoms with Gasteiger partial charge in [0.1, 0.15) is 9.93 Å². The van der Waals surface area contributed by atoms with Crippen molar-refractivity contribution in [1.82, 2.24) is 4.90 Å². The van der Waals surface area contributed by atoms with Crippen LogP contribution in [0.15, 0.2) is 62.3 Å². The highest BCUT2D eigenvalue weighted by molar-refractivity contribution is 8.19. The van der Waals surface area contributed by atoms with Crippen LogP contribution in [-0.2, 0) is 4.79 Å². The molecule has 166 valence electrons. The maximum absolute atomic E-state index is 13.8. The maximum Gasteiger partial charge on any atom is 0.269 e. The highest BCUT2D eigenvalue weighted by Gasteiger charge is 2.42. The summed E-state index contributed by atoms with van der Waals surface area (Å²) >= 11 is 9.46. The van der Waals surface area contributed by atoms with Crippen molar-refractivity contribution in [2.45, 2.75) is 56.9 Å². The summed E-state index contributed by atoms with van der Waals surface area (Å²) in [6.45, 7) is 4.96. The molecule has 1 saturated heterocycles. The Morgan fingerprint density at radius 3 is 2.53 bits per heavy atom. The highest BCUT2D eigenvalue weighted by atomic mass is 35.5. The summed E-state index contributed by atoms with van der Waals surface area (Å²) in [5.41, 5.74) is 3.17. The summed E-state index contributed by atoms with van der Waals surface area (Å²) in [4.78, 5) is 24.9. The van der Waals surface area contributed by atoms with Gasteiger partial charge in [-0.1, -0.05) is 60.3 Å². The predicted molar refractivity (Wildman–Crippen MR) is 137 cm³/mol. The Morgan fingerprint density at radius 2 is 1.81 bits per heavy atom. The number of fused-ring (bicyclic) bond motifs is 1. The third-order valence-electron chi connectivity index (χ3n) is 6.19. The molecule has 32 heavy (non-hydrogen) atoms. The van der Waals surface area contributed by atoms with Crippen LogP contribution in [0.5, 0.6) is 0 Å². The van der Waals surface area contributed by atoms with Crippen molar-refractivity contribution >= 4 is 57.6 Å². The Morgan fingerprint density at radius 1 is 1.06 bits per heavy atom. The lowest BCUT2D eigenvalue weighted by Crippen LogP contribution is -2.40. The van der Waals surface area contributed by atoms with E-state index in [-0.39, 0.29) is 11.9 Å². The molecule has 1 saturated carbocycles. The van der Waals surface area contributed by atoms with Crippen molar-refractivity contribution in [3.8, 4) is 0 Å². The number of amidine groups is 1. The number of amides is 1. The molecule has 2 aromatic carbocycles. The lowest BCUT2D eigenvalue weighted by atomic mass is 9.94. The molecule has 2 heterocycles. The molecule has 2 aromatic rings. The molecule has 2 aliphatic heterocycles. The van der Waals surface area contributed by atoms with Gasteiger partial charge in [0, 0.05) is 22.5 Å². The zero-order chi connectivity index (χ0) is 22.2. The van der Waals surface area contributed by atoms with Gasteiger partial charge in [0.05, 0.1) is 11.4 Å². The summed E-state index contributed by atoms with van der Waals surface area (Å²) in [5, 5.41) is 2.51. The number of hydrogen-bond acceptors (Lipinski definition) is 5. The molecule has 0 spiro atoms. The molecule has 0 unspecified atom stereocenters. The van der Waals surface area contributed by atoms with Gasteiger partial charge < -0.3 is 4.90 Å². The Labute approximate surface area is 203 Å². The Balaban J connectivity index is 1.57. The fraction of sp³-hybridized carbons (Fsp3) is 0.360. The minimum Gasteiger partial charge on any atom is -0.334 e. The van der Waals surface area contributed by atoms with E-state index in [1.54, 1.807) is 11.8 Å². The molecule has 0 bridgehead atoms. The van der Waals surface area contributed by atoms with Gasteiger partial charge in [0.25, 0.3) is 5.91 Å². The van der Waals surface area contributed by atoms with E-state index >= 15 is 0 Å². The molecule has 1 aliphatic carbocycles. The zero-order valence-corrected chi connectivity index (χ0v) is 20.7. The molecular formula is C25H26ClN3OS2. The van der Waals surface area contributed by atoms with Crippen molar-refractivity contribution in [2.24, 2.45) is 4.99 Å². The van der Waals surface area contributed by atoms with E-state index < -0.39 is 0 Å². The van der Waals surface area contributed by atoms with Crippen LogP contribution in [0.2, 0.25) is 5.02 Å². The standard InChI is InChI=1S/C25H26ClN3OS2/c1-3-28-20-15-17(26)11-14-21(20)31-24(28)22-23(30)29(19-7-5-4-6-8-19)25(32-22)27-18-12-9-16(2)10-13-18/h9-15,19H,3-8H2,1-2H3. The molecule has 3 aliphatic rings. The van der Waals surface area contributed by atoms with Crippen LogP contribution in [0.3, 0.4) is 0 Å². The number of carbonyl (C=O) groups is 1. The van der Waals surface area contributed by atoms with Crippen LogP contribution in [0, 0.1) is 6.92 Å². The number of anilines is 1. The predicted octanol–water partition coefficient (Wildman–Crippen LogP) is 7.35. The van der Waals surface area contributed by atoms with Crippen LogP contribution in [0.25, 0.3) is 0 Å². The molecule has 0 aromatic heterocycles. The SMILES string of the molecule is CCN1C(=C2SC(=Nc3ccc(C)cc3)N(C3CCCCC3)C2=O)Sc2ccc(Cl)cc21. The lowest BCUT2D eigenvalue weighted by molar-refractivity contribution is -0.124. The van der Waals surface area contributed by atoms with Crippen molar-refractivity contribution < 1.29 is 4.79 Å². The van der Waals surface area contributed by atoms with Gasteiger partial charge >= 0.3 is 0 Å². The molecule has 0 radical (unpaired) electrons. The molecule has 5 rings (SSSR count). The van der Waals surface area contributed by atoms with E-state index in [1.165, 1.54) is 36.6 Å². The molecule has 7 heteroatoms. The van der Waals surface area contributed by atoms with Crippen LogP contribution in [0.1, 0.15) is 44.6 Å². The number of benzene rings is 2. The van der Waals surface area contributed by atoms with E-state index in [9.17, 15) is 4.79 Å². The summed E-state index contributed by atoms with van der Waals surface area (Å²) in [6, 6.07) is 14.4. The average Bonchev–Trinajstić information content (AvgIpc) is 3.32.